The lowest BCUT2D eigenvalue weighted by Crippen LogP contribution is -2.45. The summed E-state index contributed by atoms with van der Waals surface area (Å²) in [6, 6.07) is 3.93. The van der Waals surface area contributed by atoms with E-state index in [1.807, 2.05) is 12.1 Å². The van der Waals surface area contributed by atoms with Gasteiger partial charge in [-0.05, 0) is 62.9 Å². The van der Waals surface area contributed by atoms with E-state index in [4.69, 9.17) is 4.74 Å². The number of cyclic esters (lactones) is 1. The van der Waals surface area contributed by atoms with Gasteiger partial charge in [0, 0.05) is 31.9 Å². The molecule has 2 fully saturated rings. The maximum atomic E-state index is 13.3. The van der Waals surface area contributed by atoms with Crippen LogP contribution in [0.3, 0.4) is 0 Å². The molecule has 1 amide bonds. The summed E-state index contributed by atoms with van der Waals surface area (Å²) in [7, 11) is 1.68. The van der Waals surface area contributed by atoms with E-state index in [1.165, 1.54) is 16.3 Å². The second-order valence-electron chi connectivity index (χ2n) is 9.23. The van der Waals surface area contributed by atoms with Crippen molar-refractivity contribution >= 4 is 17.7 Å². The predicted molar refractivity (Wildman–Crippen MR) is 119 cm³/mol. The fourth-order valence-corrected chi connectivity index (χ4v) is 5.28. The first kappa shape index (κ1) is 20.9. The number of carbonyl (C=O) groups is 2. The first-order valence-corrected chi connectivity index (χ1v) is 11.2. The maximum Gasteiger partial charge on any atom is 0.338 e. The number of hydrogen-bond donors (Lipinski definition) is 0. The molecule has 0 N–H and O–H groups in total. The smallest absolute Gasteiger partial charge is 0.338 e. The molecule has 2 aromatic rings. The van der Waals surface area contributed by atoms with E-state index in [9.17, 15) is 14.4 Å². The Hall–Kier alpha value is -3.00. The molecule has 0 unspecified atom stereocenters. The number of carbonyl (C=O) groups excluding carboxylic acids is 2. The molecule has 8 nitrogen and oxygen atoms in total. The molecular formula is C24H28N4O4. The minimum Gasteiger partial charge on any atom is -0.457 e. The summed E-state index contributed by atoms with van der Waals surface area (Å²) in [5, 5.41) is 0. The molecule has 0 bridgehead atoms. The Labute approximate surface area is 186 Å². The minimum atomic E-state index is -0.311. The van der Waals surface area contributed by atoms with Gasteiger partial charge in [-0.1, -0.05) is 6.07 Å². The summed E-state index contributed by atoms with van der Waals surface area (Å²) in [5.41, 5.74) is 3.64. The Morgan fingerprint density at radius 2 is 1.84 bits per heavy atom. The van der Waals surface area contributed by atoms with Crippen molar-refractivity contribution in [3.05, 3.63) is 57.1 Å². The maximum absolute atomic E-state index is 13.3. The third-order valence-corrected chi connectivity index (χ3v) is 7.54. The molecule has 2 saturated heterocycles. The number of nitrogens with zero attached hydrogens (tertiary/aromatic N) is 4. The fourth-order valence-electron chi connectivity index (χ4n) is 5.28. The highest BCUT2D eigenvalue weighted by Gasteiger charge is 2.48. The van der Waals surface area contributed by atoms with Gasteiger partial charge in [0.25, 0.3) is 5.56 Å². The van der Waals surface area contributed by atoms with Crippen LogP contribution < -0.4 is 10.5 Å². The third-order valence-electron chi connectivity index (χ3n) is 7.54. The standard InChI is InChI=1S/C24H28N4O4/c1-16-17(3-4-18-19(16)15-32-22(18)30)5-9-27-10-6-24(7-11-27)8-12-28(23(24)31)20-14-26(2)21(29)13-25-20/h3-4,13-14H,5-12,15H2,1-2H3. The number of esters is 1. The molecule has 1 aromatic heterocycles. The van der Waals surface area contributed by atoms with Gasteiger partial charge in [-0.2, -0.15) is 0 Å². The van der Waals surface area contributed by atoms with Crippen LogP contribution in [0.5, 0.6) is 0 Å². The van der Waals surface area contributed by atoms with Crippen LogP contribution in [0.25, 0.3) is 0 Å². The number of likely N-dealkylation sites (tertiary alicyclic amines) is 1. The Kier molecular flexibility index (Phi) is 5.12. The van der Waals surface area contributed by atoms with E-state index in [-0.39, 0.29) is 22.9 Å². The van der Waals surface area contributed by atoms with Crippen LogP contribution in [0.1, 0.15) is 46.3 Å². The Morgan fingerprint density at radius 3 is 2.59 bits per heavy atom. The monoisotopic (exact) mass is 436 g/mol. The highest BCUT2D eigenvalue weighted by Crippen LogP contribution is 2.42. The number of hydrogen-bond acceptors (Lipinski definition) is 6. The molecule has 0 saturated carbocycles. The normalized spacial score (nSPS) is 20.1. The van der Waals surface area contributed by atoms with E-state index in [1.54, 1.807) is 18.1 Å². The van der Waals surface area contributed by atoms with Crippen molar-refractivity contribution in [2.24, 2.45) is 12.5 Å². The van der Waals surface area contributed by atoms with Gasteiger partial charge in [-0.15, -0.1) is 0 Å². The second kappa shape index (κ2) is 7.85. The Morgan fingerprint density at radius 1 is 1.09 bits per heavy atom. The number of benzene rings is 1. The van der Waals surface area contributed by atoms with Crippen LogP contribution in [0.2, 0.25) is 0 Å². The van der Waals surface area contributed by atoms with Gasteiger partial charge in [0.05, 0.1) is 17.2 Å². The highest BCUT2D eigenvalue weighted by molar-refractivity contribution is 5.99. The average molecular weight is 437 g/mol. The van der Waals surface area contributed by atoms with Crippen LogP contribution in [-0.4, -0.2) is 52.5 Å². The molecule has 3 aliphatic rings. The van der Waals surface area contributed by atoms with E-state index in [0.29, 0.717) is 24.5 Å². The third kappa shape index (κ3) is 3.43. The molecule has 1 spiro atoms. The molecule has 0 aliphatic carbocycles. The number of anilines is 1. The Bertz CT molecular complexity index is 1150. The van der Waals surface area contributed by atoms with E-state index in [2.05, 4.69) is 16.8 Å². The van der Waals surface area contributed by atoms with Crippen molar-refractivity contribution < 1.29 is 14.3 Å². The number of fused-ring (bicyclic) bond motifs is 1. The van der Waals surface area contributed by atoms with Crippen molar-refractivity contribution in [2.45, 2.75) is 39.2 Å². The van der Waals surface area contributed by atoms with Crippen LogP contribution >= 0.6 is 0 Å². The molecule has 32 heavy (non-hydrogen) atoms. The number of piperidine rings is 1. The van der Waals surface area contributed by atoms with Crippen LogP contribution in [-0.2, 0) is 29.6 Å². The number of amides is 1. The van der Waals surface area contributed by atoms with Crippen molar-refractivity contribution in [1.82, 2.24) is 14.5 Å². The number of rotatable bonds is 4. The lowest BCUT2D eigenvalue weighted by Gasteiger charge is -2.38. The summed E-state index contributed by atoms with van der Waals surface area (Å²) < 4.78 is 6.63. The topological polar surface area (TPSA) is 84.7 Å². The summed E-state index contributed by atoms with van der Waals surface area (Å²) in [5.74, 6) is 0.479. The SMILES string of the molecule is Cc1c(CCN2CCC3(CC2)CCN(c2cn(C)c(=O)cn2)C3=O)ccc2c1COC2=O. The fraction of sp³-hybridized carbons (Fsp3) is 0.500. The summed E-state index contributed by atoms with van der Waals surface area (Å²) in [6.45, 7) is 5.82. The highest BCUT2D eigenvalue weighted by atomic mass is 16.5. The molecule has 0 radical (unpaired) electrons. The zero-order valence-corrected chi connectivity index (χ0v) is 18.6. The lowest BCUT2D eigenvalue weighted by molar-refractivity contribution is -0.128. The molecular weight excluding hydrogens is 408 g/mol. The number of aromatic nitrogens is 2. The molecule has 8 heteroatoms. The molecule has 0 atom stereocenters. The zero-order chi connectivity index (χ0) is 22.5. The largest absolute Gasteiger partial charge is 0.457 e. The number of aryl methyl sites for hydroxylation is 1. The van der Waals surface area contributed by atoms with Gasteiger partial charge in [0.2, 0.25) is 5.91 Å². The predicted octanol–water partition coefficient (Wildman–Crippen LogP) is 1.82. The first-order chi connectivity index (χ1) is 15.4. The molecule has 1 aromatic carbocycles. The van der Waals surface area contributed by atoms with Gasteiger partial charge in [0.15, 0.2) is 5.82 Å². The number of ether oxygens (including phenoxy) is 1. The van der Waals surface area contributed by atoms with Crippen molar-refractivity contribution in [3.63, 3.8) is 0 Å². The van der Waals surface area contributed by atoms with Crippen molar-refractivity contribution in [3.8, 4) is 0 Å². The van der Waals surface area contributed by atoms with Crippen LogP contribution in [0, 0.1) is 12.3 Å². The van der Waals surface area contributed by atoms with Gasteiger partial charge in [-0.25, -0.2) is 9.78 Å². The van der Waals surface area contributed by atoms with E-state index in [0.717, 1.165) is 56.4 Å². The van der Waals surface area contributed by atoms with Gasteiger partial charge in [-0.3, -0.25) is 14.5 Å². The summed E-state index contributed by atoms with van der Waals surface area (Å²) in [4.78, 5) is 45.0. The van der Waals surface area contributed by atoms with Crippen molar-refractivity contribution in [1.29, 1.82) is 0 Å². The van der Waals surface area contributed by atoms with Gasteiger partial charge in [0.1, 0.15) is 6.61 Å². The van der Waals surface area contributed by atoms with E-state index >= 15 is 0 Å². The second-order valence-corrected chi connectivity index (χ2v) is 9.23. The summed E-state index contributed by atoms with van der Waals surface area (Å²) >= 11 is 0. The van der Waals surface area contributed by atoms with Crippen molar-refractivity contribution in [2.75, 3.05) is 31.1 Å². The van der Waals surface area contributed by atoms with Crippen LogP contribution in [0.4, 0.5) is 5.82 Å². The van der Waals surface area contributed by atoms with Gasteiger partial charge < -0.3 is 14.2 Å². The van der Waals surface area contributed by atoms with Gasteiger partial charge >= 0.3 is 5.97 Å². The molecule has 168 valence electrons. The average Bonchev–Trinajstić information content (AvgIpc) is 3.32. The molecule has 4 heterocycles. The molecule has 5 rings (SSSR count). The zero-order valence-electron chi connectivity index (χ0n) is 18.6. The minimum absolute atomic E-state index is 0.141. The quantitative estimate of drug-likeness (QED) is 0.680. The molecule has 3 aliphatic heterocycles. The summed E-state index contributed by atoms with van der Waals surface area (Å²) in [6.07, 6.45) is 6.37. The van der Waals surface area contributed by atoms with Crippen LogP contribution in [0.15, 0.2) is 29.3 Å². The first-order valence-electron chi connectivity index (χ1n) is 11.2. The lowest BCUT2D eigenvalue weighted by atomic mass is 9.77. The van der Waals surface area contributed by atoms with E-state index < -0.39 is 0 Å². The Balaban J connectivity index is 1.20.